The monoisotopic (exact) mass is 389 g/mol. The van der Waals surface area contributed by atoms with Crippen LogP contribution in [0.1, 0.15) is 22.0 Å². The van der Waals surface area contributed by atoms with Gasteiger partial charge in [-0.25, -0.2) is 22.6 Å². The van der Waals surface area contributed by atoms with Crippen LogP contribution in [0, 0.1) is 13.8 Å². The molecule has 1 amide bonds. The van der Waals surface area contributed by atoms with Crippen molar-refractivity contribution >= 4 is 27.4 Å². The number of aromatic nitrogens is 4. The lowest BCUT2D eigenvalue weighted by molar-refractivity contribution is 0.101. The van der Waals surface area contributed by atoms with Gasteiger partial charge < -0.3 is 11.1 Å². The summed E-state index contributed by atoms with van der Waals surface area (Å²) in [5.74, 6) is -0.312. The number of carbonyl (C=O) groups excluding carboxylic acids is 1. The second-order valence-corrected chi connectivity index (χ2v) is 7.62. The van der Waals surface area contributed by atoms with Crippen LogP contribution in [-0.2, 0) is 10.0 Å². The number of amides is 1. The van der Waals surface area contributed by atoms with Crippen molar-refractivity contribution in [1.29, 1.82) is 0 Å². The minimum atomic E-state index is -3.70. The van der Waals surface area contributed by atoms with Crippen molar-refractivity contribution in [2.75, 3.05) is 18.4 Å². The average molecular weight is 389 g/mol. The zero-order valence-electron chi connectivity index (χ0n) is 14.8. The fraction of sp³-hybridized carbons (Fsp3) is 0.250. The number of nitrogens with two attached hydrogens (primary N) is 1. The second kappa shape index (κ2) is 7.39. The Morgan fingerprint density at radius 3 is 2.74 bits per heavy atom. The summed E-state index contributed by atoms with van der Waals surface area (Å²) in [7, 11) is -3.70. The Labute approximate surface area is 155 Å². The summed E-state index contributed by atoms with van der Waals surface area (Å²) < 4.78 is 28.2. The first-order valence-corrected chi connectivity index (χ1v) is 9.60. The SMILES string of the molecule is Cc1cc(C)n2nc(C(=O)Nc3cccc(S(=O)(=O)NCCN)c3)nc2n1. The summed E-state index contributed by atoms with van der Waals surface area (Å²) in [6.07, 6.45) is 0. The fourth-order valence-electron chi connectivity index (χ4n) is 2.47. The molecule has 0 aliphatic rings. The topological polar surface area (TPSA) is 144 Å². The molecule has 0 aliphatic carbocycles. The van der Waals surface area contributed by atoms with Gasteiger partial charge in [0.05, 0.1) is 4.90 Å². The molecule has 0 aliphatic heterocycles. The van der Waals surface area contributed by atoms with Gasteiger partial charge in [0.15, 0.2) is 0 Å². The summed E-state index contributed by atoms with van der Waals surface area (Å²) in [6.45, 7) is 3.96. The van der Waals surface area contributed by atoms with E-state index in [-0.39, 0.29) is 23.8 Å². The minimum Gasteiger partial charge on any atom is -0.329 e. The molecule has 2 aromatic heterocycles. The predicted molar refractivity (Wildman–Crippen MR) is 98.9 cm³/mol. The Kier molecular flexibility index (Phi) is 5.17. The molecule has 3 rings (SSSR count). The molecule has 0 atom stereocenters. The summed E-state index contributed by atoms with van der Waals surface area (Å²) in [4.78, 5) is 20.8. The molecule has 0 saturated heterocycles. The maximum absolute atomic E-state index is 12.5. The van der Waals surface area contributed by atoms with Crippen molar-refractivity contribution in [2.45, 2.75) is 18.7 Å². The zero-order valence-corrected chi connectivity index (χ0v) is 15.6. The predicted octanol–water partition coefficient (Wildman–Crippen LogP) is 0.230. The number of carbonyl (C=O) groups is 1. The van der Waals surface area contributed by atoms with Gasteiger partial charge in [-0.2, -0.15) is 4.98 Å². The lowest BCUT2D eigenvalue weighted by Gasteiger charge is -2.08. The molecular formula is C16H19N7O3S. The third kappa shape index (κ3) is 4.10. The summed E-state index contributed by atoms with van der Waals surface area (Å²) in [6, 6.07) is 7.70. The van der Waals surface area contributed by atoms with Crippen molar-refractivity contribution < 1.29 is 13.2 Å². The third-order valence-electron chi connectivity index (χ3n) is 3.66. The Bertz CT molecular complexity index is 1110. The maximum atomic E-state index is 12.5. The van der Waals surface area contributed by atoms with Gasteiger partial charge in [-0.05, 0) is 38.1 Å². The normalized spacial score (nSPS) is 11.7. The van der Waals surface area contributed by atoms with E-state index in [1.54, 1.807) is 6.07 Å². The number of anilines is 1. The van der Waals surface area contributed by atoms with Crippen LogP contribution in [0.2, 0.25) is 0 Å². The molecule has 0 unspecified atom stereocenters. The minimum absolute atomic E-state index is 0.0184. The lowest BCUT2D eigenvalue weighted by atomic mass is 10.3. The Balaban J connectivity index is 1.84. The van der Waals surface area contributed by atoms with E-state index in [0.29, 0.717) is 11.5 Å². The number of aryl methyl sites for hydroxylation is 2. The number of sulfonamides is 1. The van der Waals surface area contributed by atoms with Gasteiger partial charge in [-0.3, -0.25) is 4.79 Å². The number of hydrogen-bond donors (Lipinski definition) is 3. The molecule has 142 valence electrons. The van der Waals surface area contributed by atoms with Crippen molar-refractivity contribution in [1.82, 2.24) is 24.3 Å². The van der Waals surface area contributed by atoms with Crippen molar-refractivity contribution in [3.05, 3.63) is 47.5 Å². The lowest BCUT2D eigenvalue weighted by Crippen LogP contribution is -2.29. The van der Waals surface area contributed by atoms with E-state index in [0.717, 1.165) is 11.4 Å². The highest BCUT2D eigenvalue weighted by atomic mass is 32.2. The van der Waals surface area contributed by atoms with E-state index in [4.69, 9.17) is 5.73 Å². The molecule has 0 saturated carbocycles. The van der Waals surface area contributed by atoms with Gasteiger partial charge in [-0.15, -0.1) is 5.10 Å². The molecule has 27 heavy (non-hydrogen) atoms. The van der Waals surface area contributed by atoms with Crippen LogP contribution in [0.4, 0.5) is 5.69 Å². The quantitative estimate of drug-likeness (QED) is 0.547. The average Bonchev–Trinajstić information content (AvgIpc) is 3.05. The fourth-order valence-corrected chi connectivity index (χ4v) is 3.56. The van der Waals surface area contributed by atoms with Gasteiger partial charge in [-0.1, -0.05) is 6.07 Å². The Morgan fingerprint density at radius 2 is 2.00 bits per heavy atom. The standard InChI is InChI=1S/C16H19N7O3S/c1-10-8-11(2)23-16(19-10)21-14(22-23)15(24)20-12-4-3-5-13(9-12)27(25,26)18-7-6-17/h3-5,8-9,18H,6-7,17H2,1-2H3,(H,20,24). The molecule has 0 bridgehead atoms. The van der Waals surface area contributed by atoms with Gasteiger partial charge in [0.2, 0.25) is 15.8 Å². The molecule has 4 N–H and O–H groups in total. The van der Waals surface area contributed by atoms with E-state index >= 15 is 0 Å². The van der Waals surface area contributed by atoms with Crippen molar-refractivity contribution in [2.24, 2.45) is 5.73 Å². The molecular weight excluding hydrogens is 370 g/mol. The van der Waals surface area contributed by atoms with Crippen LogP contribution in [-0.4, -0.2) is 47.0 Å². The van der Waals surface area contributed by atoms with E-state index in [2.05, 4.69) is 25.1 Å². The van der Waals surface area contributed by atoms with Crippen LogP contribution in [0.3, 0.4) is 0 Å². The van der Waals surface area contributed by atoms with Gasteiger partial charge in [0.25, 0.3) is 11.7 Å². The smallest absolute Gasteiger partial charge is 0.295 e. The molecule has 0 radical (unpaired) electrons. The molecule has 1 aromatic carbocycles. The van der Waals surface area contributed by atoms with Gasteiger partial charge in [0.1, 0.15) is 0 Å². The first-order chi connectivity index (χ1) is 12.8. The maximum Gasteiger partial charge on any atom is 0.295 e. The van der Waals surface area contributed by atoms with Crippen LogP contribution >= 0.6 is 0 Å². The van der Waals surface area contributed by atoms with Crippen LogP contribution in [0.25, 0.3) is 5.78 Å². The van der Waals surface area contributed by atoms with Crippen molar-refractivity contribution in [3.63, 3.8) is 0 Å². The highest BCUT2D eigenvalue weighted by Crippen LogP contribution is 2.16. The van der Waals surface area contributed by atoms with E-state index in [1.807, 2.05) is 19.9 Å². The molecule has 2 heterocycles. The number of nitrogens with zero attached hydrogens (tertiary/aromatic N) is 4. The largest absolute Gasteiger partial charge is 0.329 e. The number of fused-ring (bicyclic) bond motifs is 1. The number of hydrogen-bond acceptors (Lipinski definition) is 7. The Morgan fingerprint density at radius 1 is 1.22 bits per heavy atom. The third-order valence-corrected chi connectivity index (χ3v) is 5.12. The van der Waals surface area contributed by atoms with Crippen LogP contribution < -0.4 is 15.8 Å². The molecule has 0 spiro atoms. The molecule has 0 fully saturated rings. The first kappa shape index (κ1) is 18.9. The molecule has 10 nitrogen and oxygen atoms in total. The van der Waals surface area contributed by atoms with E-state index < -0.39 is 15.9 Å². The number of rotatable bonds is 6. The first-order valence-electron chi connectivity index (χ1n) is 8.12. The van der Waals surface area contributed by atoms with Gasteiger partial charge in [0, 0.05) is 30.2 Å². The Hall–Kier alpha value is -2.89. The van der Waals surface area contributed by atoms with E-state index in [1.165, 1.54) is 22.7 Å². The summed E-state index contributed by atoms with van der Waals surface area (Å²) in [5, 5.41) is 6.75. The van der Waals surface area contributed by atoms with Crippen LogP contribution in [0.15, 0.2) is 35.2 Å². The number of benzene rings is 1. The zero-order chi connectivity index (χ0) is 19.6. The highest BCUT2D eigenvalue weighted by molar-refractivity contribution is 7.89. The second-order valence-electron chi connectivity index (χ2n) is 5.85. The summed E-state index contributed by atoms with van der Waals surface area (Å²) in [5.41, 5.74) is 7.18. The summed E-state index contributed by atoms with van der Waals surface area (Å²) >= 11 is 0. The van der Waals surface area contributed by atoms with Crippen molar-refractivity contribution in [3.8, 4) is 0 Å². The van der Waals surface area contributed by atoms with Crippen LogP contribution in [0.5, 0.6) is 0 Å². The highest BCUT2D eigenvalue weighted by Gasteiger charge is 2.17. The van der Waals surface area contributed by atoms with E-state index in [9.17, 15) is 13.2 Å². The molecule has 3 aromatic rings. The molecule has 11 heteroatoms. The van der Waals surface area contributed by atoms with Gasteiger partial charge >= 0.3 is 0 Å². The number of nitrogens with one attached hydrogen (secondary N) is 2.